The second kappa shape index (κ2) is 8.26. The zero-order valence-corrected chi connectivity index (χ0v) is 14.6. The number of carbonyl (C=O) groups excluding carboxylic acids is 1. The molecule has 5 nitrogen and oxygen atoms in total. The number of amides is 1. The van der Waals surface area contributed by atoms with Crippen LogP contribution in [-0.2, 0) is 11.2 Å². The Bertz CT molecular complexity index is 654. The lowest BCUT2D eigenvalue weighted by molar-refractivity contribution is 0.0292. The minimum atomic E-state index is -0.0107. The number of ether oxygens (including phenoxy) is 2. The highest BCUT2D eigenvalue weighted by Crippen LogP contribution is 2.22. The van der Waals surface area contributed by atoms with Gasteiger partial charge in [0.15, 0.2) is 0 Å². The normalized spacial score (nSPS) is 15.2. The van der Waals surface area contributed by atoms with E-state index in [1.165, 1.54) is 4.88 Å². The molecule has 0 saturated carbocycles. The Labute approximate surface area is 146 Å². The monoisotopic (exact) mass is 346 g/mol. The van der Waals surface area contributed by atoms with E-state index < -0.39 is 0 Å². The Morgan fingerprint density at radius 1 is 1.38 bits per heavy atom. The van der Waals surface area contributed by atoms with Crippen molar-refractivity contribution in [2.24, 2.45) is 0 Å². The molecule has 1 fully saturated rings. The van der Waals surface area contributed by atoms with Gasteiger partial charge in [-0.2, -0.15) is 0 Å². The molecule has 1 aliphatic rings. The number of methoxy groups -OCH3 is 1. The maximum Gasteiger partial charge on any atom is 0.259 e. The number of nitrogens with zero attached hydrogens (tertiary/aromatic N) is 2. The van der Waals surface area contributed by atoms with Crippen LogP contribution >= 0.6 is 11.3 Å². The maximum atomic E-state index is 13.2. The SMILES string of the molecule is COc1ncccc1C(=O)N(CCc1cccs1)C1CCOCC1. The fraction of sp³-hybridized carbons (Fsp3) is 0.444. The van der Waals surface area contributed by atoms with E-state index in [0.29, 0.717) is 31.2 Å². The van der Waals surface area contributed by atoms with Crippen molar-refractivity contribution in [2.45, 2.75) is 25.3 Å². The summed E-state index contributed by atoms with van der Waals surface area (Å²) in [6, 6.07) is 7.92. The molecule has 0 N–H and O–H groups in total. The van der Waals surface area contributed by atoms with E-state index in [4.69, 9.17) is 9.47 Å². The highest BCUT2D eigenvalue weighted by atomic mass is 32.1. The van der Waals surface area contributed by atoms with Gasteiger partial charge in [0.25, 0.3) is 5.91 Å². The molecule has 0 aliphatic carbocycles. The molecule has 0 bridgehead atoms. The third-order valence-electron chi connectivity index (χ3n) is 4.27. The van der Waals surface area contributed by atoms with Crippen molar-refractivity contribution in [1.29, 1.82) is 0 Å². The number of carbonyl (C=O) groups is 1. The van der Waals surface area contributed by atoms with Crippen molar-refractivity contribution < 1.29 is 14.3 Å². The van der Waals surface area contributed by atoms with Crippen LogP contribution < -0.4 is 4.74 Å². The maximum absolute atomic E-state index is 13.2. The Kier molecular flexibility index (Phi) is 5.82. The molecular formula is C18H22N2O3S. The molecule has 3 rings (SSSR count). The molecule has 128 valence electrons. The number of rotatable bonds is 6. The molecule has 0 radical (unpaired) electrons. The standard InChI is InChI=1S/C18H22N2O3S/c1-22-17-16(5-2-9-19-17)18(21)20(14-7-11-23-12-8-14)10-6-15-4-3-13-24-15/h2-5,9,13-14H,6-8,10-12H2,1H3. The van der Waals surface area contributed by atoms with E-state index in [1.54, 1.807) is 36.8 Å². The van der Waals surface area contributed by atoms with Gasteiger partial charge < -0.3 is 14.4 Å². The number of thiophene rings is 1. The summed E-state index contributed by atoms with van der Waals surface area (Å²) in [5.74, 6) is 0.374. The van der Waals surface area contributed by atoms with Crippen LogP contribution in [0.25, 0.3) is 0 Å². The molecule has 2 aromatic rings. The molecule has 2 aromatic heterocycles. The van der Waals surface area contributed by atoms with Crippen LogP contribution in [0.5, 0.6) is 5.88 Å². The molecule has 0 atom stereocenters. The number of pyridine rings is 1. The minimum absolute atomic E-state index is 0.0107. The van der Waals surface area contributed by atoms with Gasteiger partial charge in [0.2, 0.25) is 5.88 Å². The Balaban J connectivity index is 1.80. The number of hydrogen-bond donors (Lipinski definition) is 0. The largest absolute Gasteiger partial charge is 0.480 e. The second-order valence-corrected chi connectivity index (χ2v) is 6.76. The van der Waals surface area contributed by atoms with E-state index in [2.05, 4.69) is 16.4 Å². The van der Waals surface area contributed by atoms with Crippen LogP contribution in [0.2, 0.25) is 0 Å². The van der Waals surface area contributed by atoms with Crippen molar-refractivity contribution in [3.8, 4) is 5.88 Å². The first-order valence-electron chi connectivity index (χ1n) is 8.19. The van der Waals surface area contributed by atoms with Gasteiger partial charge in [0, 0.05) is 36.9 Å². The Hall–Kier alpha value is -1.92. The van der Waals surface area contributed by atoms with Crippen LogP contribution in [0.1, 0.15) is 28.1 Å². The average Bonchev–Trinajstić information content (AvgIpc) is 3.16. The summed E-state index contributed by atoms with van der Waals surface area (Å²) >= 11 is 1.73. The van der Waals surface area contributed by atoms with Gasteiger partial charge in [-0.25, -0.2) is 4.98 Å². The van der Waals surface area contributed by atoms with Crippen molar-refractivity contribution in [3.63, 3.8) is 0 Å². The van der Waals surface area contributed by atoms with E-state index in [0.717, 1.165) is 19.3 Å². The van der Waals surface area contributed by atoms with E-state index in [1.807, 2.05) is 11.0 Å². The van der Waals surface area contributed by atoms with E-state index in [-0.39, 0.29) is 11.9 Å². The van der Waals surface area contributed by atoms with Crippen molar-refractivity contribution in [2.75, 3.05) is 26.9 Å². The van der Waals surface area contributed by atoms with Crippen molar-refractivity contribution in [1.82, 2.24) is 9.88 Å². The summed E-state index contributed by atoms with van der Waals surface area (Å²) in [7, 11) is 1.55. The summed E-state index contributed by atoms with van der Waals surface area (Å²) in [4.78, 5) is 20.6. The first kappa shape index (κ1) is 16.9. The molecule has 6 heteroatoms. The number of aromatic nitrogens is 1. The summed E-state index contributed by atoms with van der Waals surface area (Å²) in [6.07, 6.45) is 4.25. The van der Waals surface area contributed by atoms with Gasteiger partial charge in [-0.15, -0.1) is 11.3 Å². The van der Waals surface area contributed by atoms with E-state index in [9.17, 15) is 4.79 Å². The highest BCUT2D eigenvalue weighted by Gasteiger charge is 2.28. The lowest BCUT2D eigenvalue weighted by atomic mass is 10.0. The molecule has 24 heavy (non-hydrogen) atoms. The first-order valence-corrected chi connectivity index (χ1v) is 9.07. The van der Waals surface area contributed by atoms with Gasteiger partial charge in [-0.05, 0) is 42.8 Å². The van der Waals surface area contributed by atoms with Crippen LogP contribution in [-0.4, -0.2) is 48.7 Å². The Morgan fingerprint density at radius 2 is 2.21 bits per heavy atom. The fourth-order valence-corrected chi connectivity index (χ4v) is 3.70. The summed E-state index contributed by atoms with van der Waals surface area (Å²) in [6.45, 7) is 2.11. The summed E-state index contributed by atoms with van der Waals surface area (Å²) in [5.41, 5.74) is 0.526. The minimum Gasteiger partial charge on any atom is -0.480 e. The topological polar surface area (TPSA) is 51.7 Å². The zero-order valence-electron chi connectivity index (χ0n) is 13.8. The molecule has 1 aliphatic heterocycles. The molecule has 0 aromatic carbocycles. The van der Waals surface area contributed by atoms with Gasteiger partial charge in [0.05, 0.1) is 7.11 Å². The molecule has 1 saturated heterocycles. The lowest BCUT2D eigenvalue weighted by Gasteiger charge is -2.34. The third-order valence-corrected chi connectivity index (χ3v) is 5.20. The molecule has 3 heterocycles. The fourth-order valence-electron chi connectivity index (χ4n) is 3.00. The molecule has 0 unspecified atom stereocenters. The highest BCUT2D eigenvalue weighted by molar-refractivity contribution is 7.09. The van der Waals surface area contributed by atoms with Crippen molar-refractivity contribution in [3.05, 3.63) is 46.3 Å². The van der Waals surface area contributed by atoms with Gasteiger partial charge in [-0.1, -0.05) is 6.07 Å². The molecular weight excluding hydrogens is 324 g/mol. The van der Waals surface area contributed by atoms with Crippen LogP contribution in [0.15, 0.2) is 35.8 Å². The van der Waals surface area contributed by atoms with Crippen molar-refractivity contribution >= 4 is 17.2 Å². The average molecular weight is 346 g/mol. The van der Waals surface area contributed by atoms with Gasteiger partial charge in [-0.3, -0.25) is 4.79 Å². The molecule has 0 spiro atoms. The Morgan fingerprint density at radius 3 is 2.92 bits per heavy atom. The smallest absolute Gasteiger partial charge is 0.259 e. The van der Waals surface area contributed by atoms with Gasteiger partial charge >= 0.3 is 0 Å². The third kappa shape index (κ3) is 3.94. The summed E-state index contributed by atoms with van der Waals surface area (Å²) < 4.78 is 10.7. The van der Waals surface area contributed by atoms with Crippen LogP contribution in [0, 0.1) is 0 Å². The molecule has 1 amide bonds. The number of hydrogen-bond acceptors (Lipinski definition) is 5. The summed E-state index contributed by atoms with van der Waals surface area (Å²) in [5, 5.41) is 2.07. The van der Waals surface area contributed by atoms with Gasteiger partial charge in [0.1, 0.15) is 5.56 Å². The van der Waals surface area contributed by atoms with Crippen LogP contribution in [0.4, 0.5) is 0 Å². The van der Waals surface area contributed by atoms with Crippen LogP contribution in [0.3, 0.4) is 0 Å². The predicted molar refractivity (Wildman–Crippen MR) is 93.7 cm³/mol. The lowest BCUT2D eigenvalue weighted by Crippen LogP contribution is -2.44. The second-order valence-electron chi connectivity index (χ2n) is 5.73. The zero-order chi connectivity index (χ0) is 16.8. The predicted octanol–water partition coefficient (Wildman–Crippen LogP) is 3.02. The quantitative estimate of drug-likeness (QED) is 0.807. The van der Waals surface area contributed by atoms with E-state index >= 15 is 0 Å². The first-order chi connectivity index (χ1) is 11.8.